The molecule has 0 unspecified atom stereocenters. The van der Waals surface area contributed by atoms with Gasteiger partial charge in [0.1, 0.15) is 23.1 Å². The van der Waals surface area contributed by atoms with Crippen molar-refractivity contribution < 1.29 is 18.7 Å². The van der Waals surface area contributed by atoms with Gasteiger partial charge in [-0.3, -0.25) is 9.80 Å². The number of urea groups is 1. The number of hydrogen-bond donors (Lipinski definition) is 2. The van der Waals surface area contributed by atoms with E-state index in [-0.39, 0.29) is 18.6 Å². The van der Waals surface area contributed by atoms with Gasteiger partial charge in [-0.15, -0.1) is 0 Å². The van der Waals surface area contributed by atoms with Gasteiger partial charge in [0.2, 0.25) is 0 Å². The first-order valence-corrected chi connectivity index (χ1v) is 12.0. The number of pyridine rings is 1. The smallest absolute Gasteiger partial charge is 0.329 e. The summed E-state index contributed by atoms with van der Waals surface area (Å²) in [4.78, 5) is 21.7. The second kappa shape index (κ2) is 10.0. The van der Waals surface area contributed by atoms with Crippen molar-refractivity contribution in [3.05, 3.63) is 71.2 Å². The number of fused-ring (bicyclic) bond motifs is 1. The summed E-state index contributed by atoms with van der Waals surface area (Å²) in [7, 11) is 3.24. The molecule has 0 spiro atoms. The number of halogens is 1. The molecule has 0 aliphatic carbocycles. The van der Waals surface area contributed by atoms with Gasteiger partial charge in [-0.1, -0.05) is 12.1 Å². The topological polar surface area (TPSA) is 79.0 Å². The minimum absolute atomic E-state index is 0.0249. The number of para-hydroxylation sites is 1. The third-order valence-electron chi connectivity index (χ3n) is 6.80. The van der Waals surface area contributed by atoms with Crippen molar-refractivity contribution in [2.45, 2.75) is 32.5 Å². The fourth-order valence-electron chi connectivity index (χ4n) is 4.92. The van der Waals surface area contributed by atoms with Gasteiger partial charge in [0.05, 0.1) is 38.2 Å². The number of rotatable bonds is 7. The van der Waals surface area contributed by atoms with Gasteiger partial charge < -0.3 is 20.1 Å². The maximum absolute atomic E-state index is 14.9. The van der Waals surface area contributed by atoms with Crippen LogP contribution in [0.1, 0.15) is 23.1 Å². The predicted molar refractivity (Wildman–Crippen MR) is 138 cm³/mol. The van der Waals surface area contributed by atoms with Crippen LogP contribution in [-0.2, 0) is 13.1 Å². The highest BCUT2D eigenvalue weighted by atomic mass is 19.1. The van der Waals surface area contributed by atoms with E-state index in [9.17, 15) is 9.18 Å². The quantitative estimate of drug-likeness (QED) is 0.508. The first kappa shape index (κ1) is 23.9. The average Bonchev–Trinajstić information content (AvgIpc) is 3.42. The fraction of sp³-hybridized carbons (Fsp3) is 0.333. The molecule has 0 bridgehead atoms. The molecule has 3 aromatic rings. The summed E-state index contributed by atoms with van der Waals surface area (Å²) in [5, 5.41) is 6.69. The third-order valence-corrected chi connectivity index (χ3v) is 6.80. The molecule has 8 nitrogen and oxygen atoms in total. The van der Waals surface area contributed by atoms with Crippen molar-refractivity contribution in [1.82, 2.24) is 10.3 Å². The number of carbonyl (C=O) groups is 1. The normalized spacial score (nSPS) is 17.2. The molecular formula is C27H30FN5O3. The zero-order valence-corrected chi connectivity index (χ0v) is 20.7. The fourth-order valence-corrected chi connectivity index (χ4v) is 4.92. The molecule has 1 atom stereocenters. The van der Waals surface area contributed by atoms with Crippen LogP contribution in [0, 0.1) is 12.7 Å². The number of nitrogens with one attached hydrogen (secondary N) is 2. The Morgan fingerprint density at radius 3 is 2.78 bits per heavy atom. The first-order valence-electron chi connectivity index (χ1n) is 12.0. The minimum atomic E-state index is -0.406. The van der Waals surface area contributed by atoms with E-state index in [0.29, 0.717) is 30.3 Å². The second-order valence-corrected chi connectivity index (χ2v) is 9.02. The van der Waals surface area contributed by atoms with Crippen molar-refractivity contribution in [2.75, 3.05) is 42.4 Å². The van der Waals surface area contributed by atoms with Crippen LogP contribution in [0.15, 0.2) is 48.7 Å². The number of benzene rings is 2. The molecule has 3 heterocycles. The van der Waals surface area contributed by atoms with Gasteiger partial charge in [-0.25, -0.2) is 14.2 Å². The SMILES string of the molecule is COc1ccc(CNc2cc3c(cn2)CN(c2c(C)cccc2F)C(=O)N3[C@H]2CCNC2)c(OC)c1. The Balaban J connectivity index is 1.46. The third kappa shape index (κ3) is 4.42. The summed E-state index contributed by atoms with van der Waals surface area (Å²) in [6, 6.07) is 12.2. The van der Waals surface area contributed by atoms with E-state index in [2.05, 4.69) is 15.6 Å². The molecule has 2 aliphatic rings. The Kier molecular flexibility index (Phi) is 6.65. The molecule has 2 aromatic carbocycles. The number of aryl methyl sites for hydroxylation is 1. The molecule has 1 saturated heterocycles. The standard InChI is InChI=1S/C27H30FN5O3/c1-17-5-4-6-22(28)26(17)32-16-19-14-31-25(12-23(19)33(27(32)34)20-9-10-29-15-20)30-13-18-7-8-21(35-2)11-24(18)36-3/h4-8,11-12,14,20,29H,9-10,13,15-16H2,1-3H3,(H,30,31)/t20-/m0/s1. The number of hydrogen-bond acceptors (Lipinski definition) is 6. The Labute approximate surface area is 210 Å². The molecule has 36 heavy (non-hydrogen) atoms. The molecule has 0 radical (unpaired) electrons. The Morgan fingerprint density at radius 1 is 1.19 bits per heavy atom. The number of anilines is 3. The van der Waals surface area contributed by atoms with Gasteiger partial charge >= 0.3 is 6.03 Å². The van der Waals surface area contributed by atoms with E-state index < -0.39 is 5.82 Å². The van der Waals surface area contributed by atoms with Crippen LogP contribution >= 0.6 is 0 Å². The molecule has 1 aromatic heterocycles. The summed E-state index contributed by atoms with van der Waals surface area (Å²) in [6.45, 7) is 4.07. The molecule has 2 aliphatic heterocycles. The number of carbonyl (C=O) groups excluding carboxylic acids is 1. The molecule has 1 fully saturated rings. The van der Waals surface area contributed by atoms with Crippen LogP contribution in [0.5, 0.6) is 11.5 Å². The van der Waals surface area contributed by atoms with E-state index in [1.54, 1.807) is 31.4 Å². The van der Waals surface area contributed by atoms with Crippen LogP contribution in [0.4, 0.5) is 26.4 Å². The predicted octanol–water partition coefficient (Wildman–Crippen LogP) is 4.47. The summed E-state index contributed by atoms with van der Waals surface area (Å²) in [5.41, 5.74) is 3.66. The maximum atomic E-state index is 14.9. The number of nitrogens with zero attached hydrogens (tertiary/aromatic N) is 3. The Hall–Kier alpha value is -3.85. The van der Waals surface area contributed by atoms with Gasteiger partial charge in [0.25, 0.3) is 0 Å². The summed E-state index contributed by atoms with van der Waals surface area (Å²) >= 11 is 0. The number of amides is 2. The van der Waals surface area contributed by atoms with Crippen LogP contribution in [-0.4, -0.2) is 44.4 Å². The van der Waals surface area contributed by atoms with Crippen LogP contribution < -0.4 is 29.9 Å². The summed E-state index contributed by atoms with van der Waals surface area (Å²) < 4.78 is 25.6. The lowest BCUT2D eigenvalue weighted by molar-refractivity contribution is 0.248. The second-order valence-electron chi connectivity index (χ2n) is 9.02. The van der Waals surface area contributed by atoms with Crippen molar-refractivity contribution in [2.24, 2.45) is 0 Å². The van der Waals surface area contributed by atoms with Gasteiger partial charge in [-0.2, -0.15) is 0 Å². The maximum Gasteiger partial charge on any atom is 0.329 e. The molecule has 9 heteroatoms. The summed E-state index contributed by atoms with van der Waals surface area (Å²) in [5.74, 6) is 1.67. The van der Waals surface area contributed by atoms with Gasteiger partial charge in [0.15, 0.2) is 0 Å². The Bertz CT molecular complexity index is 1260. The lowest BCUT2D eigenvalue weighted by Crippen LogP contribution is -2.53. The molecule has 2 amide bonds. The molecular weight excluding hydrogens is 461 g/mol. The monoisotopic (exact) mass is 491 g/mol. The molecule has 2 N–H and O–H groups in total. The van der Waals surface area contributed by atoms with Gasteiger partial charge in [-0.05, 0) is 43.7 Å². The largest absolute Gasteiger partial charge is 0.497 e. The highest BCUT2D eigenvalue weighted by Gasteiger charge is 2.38. The van der Waals surface area contributed by atoms with Crippen molar-refractivity contribution >= 4 is 23.2 Å². The van der Waals surface area contributed by atoms with E-state index in [1.807, 2.05) is 37.3 Å². The number of methoxy groups -OCH3 is 2. The van der Waals surface area contributed by atoms with E-state index in [4.69, 9.17) is 9.47 Å². The summed E-state index contributed by atoms with van der Waals surface area (Å²) in [6.07, 6.45) is 2.59. The van der Waals surface area contributed by atoms with Crippen molar-refractivity contribution in [3.63, 3.8) is 0 Å². The van der Waals surface area contributed by atoms with Crippen molar-refractivity contribution in [1.29, 1.82) is 0 Å². The van der Waals surface area contributed by atoms with E-state index in [0.717, 1.165) is 41.1 Å². The van der Waals surface area contributed by atoms with E-state index in [1.165, 1.54) is 11.0 Å². The van der Waals surface area contributed by atoms with Crippen LogP contribution in [0.2, 0.25) is 0 Å². The first-order chi connectivity index (χ1) is 17.5. The number of ether oxygens (including phenoxy) is 2. The van der Waals surface area contributed by atoms with Gasteiger partial charge in [0, 0.05) is 42.5 Å². The van der Waals surface area contributed by atoms with Crippen LogP contribution in [0.25, 0.3) is 0 Å². The van der Waals surface area contributed by atoms with Crippen molar-refractivity contribution in [3.8, 4) is 11.5 Å². The zero-order chi connectivity index (χ0) is 25.2. The zero-order valence-electron chi connectivity index (χ0n) is 20.7. The molecule has 188 valence electrons. The minimum Gasteiger partial charge on any atom is -0.497 e. The highest BCUT2D eigenvalue weighted by molar-refractivity contribution is 6.07. The van der Waals surface area contributed by atoms with E-state index >= 15 is 0 Å². The average molecular weight is 492 g/mol. The van der Waals surface area contributed by atoms with Crippen LogP contribution in [0.3, 0.4) is 0 Å². The molecule has 0 saturated carbocycles. The number of aromatic nitrogens is 1. The Morgan fingerprint density at radius 2 is 2.06 bits per heavy atom. The lowest BCUT2D eigenvalue weighted by atomic mass is 10.1. The lowest BCUT2D eigenvalue weighted by Gasteiger charge is -2.40. The highest BCUT2D eigenvalue weighted by Crippen LogP contribution is 2.37. The molecule has 5 rings (SSSR count).